The Morgan fingerprint density at radius 3 is 2.62 bits per heavy atom. The third-order valence-corrected chi connectivity index (χ3v) is 4.73. The SMILES string of the molecule is COc1cc(/C=C(/C#N)C(=O)NC(N)=O)cc(Br)c1OCc1ccc(Cl)cc1Cl. The van der Waals surface area contributed by atoms with E-state index in [2.05, 4.69) is 15.9 Å². The number of hydrogen-bond donors (Lipinski definition) is 2. The fraction of sp³-hybridized carbons (Fsp3) is 0.105. The number of imide groups is 1. The summed E-state index contributed by atoms with van der Waals surface area (Å²) in [5.74, 6) is -0.160. The Bertz CT molecular complexity index is 1030. The molecule has 0 fully saturated rings. The number of nitrogens with two attached hydrogens (primary N) is 1. The molecular weight excluding hydrogens is 485 g/mol. The first-order chi connectivity index (χ1) is 13.7. The number of amides is 3. The van der Waals surface area contributed by atoms with Crippen LogP contribution in [-0.2, 0) is 11.4 Å². The Labute approximate surface area is 185 Å². The fourth-order valence-electron chi connectivity index (χ4n) is 2.25. The molecule has 2 aromatic rings. The van der Waals surface area contributed by atoms with Crippen molar-refractivity contribution in [2.24, 2.45) is 5.73 Å². The zero-order valence-electron chi connectivity index (χ0n) is 15.0. The van der Waals surface area contributed by atoms with Crippen molar-refractivity contribution in [3.05, 3.63) is 61.5 Å². The highest BCUT2D eigenvalue weighted by molar-refractivity contribution is 9.10. The average Bonchev–Trinajstić information content (AvgIpc) is 2.65. The number of rotatable bonds is 6. The van der Waals surface area contributed by atoms with E-state index in [4.69, 9.17) is 43.7 Å². The van der Waals surface area contributed by atoms with Crippen LogP contribution in [0.1, 0.15) is 11.1 Å². The minimum absolute atomic E-state index is 0.157. The van der Waals surface area contributed by atoms with Gasteiger partial charge in [0, 0.05) is 15.6 Å². The lowest BCUT2D eigenvalue weighted by Crippen LogP contribution is -2.35. The van der Waals surface area contributed by atoms with Gasteiger partial charge in [-0.2, -0.15) is 5.26 Å². The molecule has 2 aromatic carbocycles. The number of urea groups is 1. The van der Waals surface area contributed by atoms with Gasteiger partial charge in [-0.15, -0.1) is 0 Å². The highest BCUT2D eigenvalue weighted by atomic mass is 79.9. The third-order valence-electron chi connectivity index (χ3n) is 3.55. The van der Waals surface area contributed by atoms with Crippen molar-refractivity contribution >= 4 is 57.1 Å². The predicted molar refractivity (Wildman–Crippen MR) is 113 cm³/mol. The number of ether oxygens (including phenoxy) is 2. The van der Waals surface area contributed by atoms with Crippen LogP contribution in [0.4, 0.5) is 4.79 Å². The molecule has 0 saturated heterocycles. The van der Waals surface area contributed by atoms with Crippen molar-refractivity contribution in [1.82, 2.24) is 5.32 Å². The zero-order valence-corrected chi connectivity index (χ0v) is 18.1. The van der Waals surface area contributed by atoms with Crippen LogP contribution < -0.4 is 20.5 Å². The van der Waals surface area contributed by atoms with Gasteiger partial charge in [-0.25, -0.2) is 4.79 Å². The summed E-state index contributed by atoms with van der Waals surface area (Å²) >= 11 is 15.4. The Morgan fingerprint density at radius 1 is 1.31 bits per heavy atom. The summed E-state index contributed by atoms with van der Waals surface area (Å²) in [6.45, 7) is 0.157. The number of nitriles is 1. The molecule has 0 aliphatic rings. The maximum Gasteiger partial charge on any atom is 0.319 e. The van der Waals surface area contributed by atoms with Gasteiger partial charge in [0.1, 0.15) is 18.2 Å². The van der Waals surface area contributed by atoms with Crippen LogP contribution in [0.25, 0.3) is 6.08 Å². The van der Waals surface area contributed by atoms with Gasteiger partial charge in [0.25, 0.3) is 5.91 Å². The minimum Gasteiger partial charge on any atom is -0.493 e. The number of nitrogens with one attached hydrogen (secondary N) is 1. The van der Waals surface area contributed by atoms with Crippen LogP contribution in [-0.4, -0.2) is 19.0 Å². The number of hydrogen-bond acceptors (Lipinski definition) is 5. The van der Waals surface area contributed by atoms with Gasteiger partial charge in [-0.05, 0) is 51.8 Å². The van der Waals surface area contributed by atoms with Crippen LogP contribution in [0.2, 0.25) is 10.0 Å². The topological polar surface area (TPSA) is 114 Å². The number of halogens is 3. The summed E-state index contributed by atoms with van der Waals surface area (Å²) in [4.78, 5) is 22.6. The number of nitrogens with zero attached hydrogens (tertiary/aromatic N) is 1. The Hall–Kier alpha value is -2.73. The lowest BCUT2D eigenvalue weighted by atomic mass is 10.1. The van der Waals surface area contributed by atoms with Crippen molar-refractivity contribution in [3.8, 4) is 17.6 Å². The van der Waals surface area contributed by atoms with Crippen LogP contribution in [0.5, 0.6) is 11.5 Å². The van der Waals surface area contributed by atoms with E-state index < -0.39 is 11.9 Å². The molecule has 0 heterocycles. The van der Waals surface area contributed by atoms with E-state index in [0.717, 1.165) is 5.56 Å². The molecule has 3 N–H and O–H groups in total. The standard InChI is InChI=1S/C19H14BrCl2N3O4/c1-28-16-6-10(4-12(8-23)18(26)25-19(24)27)5-14(20)17(16)29-9-11-2-3-13(21)7-15(11)22/h2-7H,9H2,1H3,(H3,24,25,26,27)/b12-4-. The molecule has 0 radical (unpaired) electrons. The average molecular weight is 499 g/mol. The molecule has 0 unspecified atom stereocenters. The molecular formula is C19H14BrCl2N3O4. The molecule has 29 heavy (non-hydrogen) atoms. The first-order valence-corrected chi connectivity index (χ1v) is 9.47. The molecule has 3 amide bonds. The zero-order chi connectivity index (χ0) is 21.6. The van der Waals surface area contributed by atoms with E-state index in [9.17, 15) is 9.59 Å². The minimum atomic E-state index is -1.06. The second kappa shape index (κ2) is 10.2. The molecule has 0 atom stereocenters. The van der Waals surface area contributed by atoms with Crippen LogP contribution in [0, 0.1) is 11.3 Å². The molecule has 150 valence electrons. The van der Waals surface area contributed by atoms with Crippen molar-refractivity contribution in [3.63, 3.8) is 0 Å². The third kappa shape index (κ3) is 6.12. The van der Waals surface area contributed by atoms with Crippen molar-refractivity contribution in [2.75, 3.05) is 7.11 Å². The summed E-state index contributed by atoms with van der Waals surface area (Å²) in [7, 11) is 1.45. The highest BCUT2D eigenvalue weighted by Gasteiger charge is 2.15. The first kappa shape index (κ1) is 22.6. The monoisotopic (exact) mass is 497 g/mol. The van der Waals surface area contributed by atoms with Gasteiger partial charge >= 0.3 is 6.03 Å². The van der Waals surface area contributed by atoms with Gasteiger partial charge in [0.05, 0.1) is 11.6 Å². The van der Waals surface area contributed by atoms with Gasteiger partial charge in [-0.1, -0.05) is 29.3 Å². The van der Waals surface area contributed by atoms with Gasteiger partial charge in [0.2, 0.25) is 0 Å². The summed E-state index contributed by atoms with van der Waals surface area (Å²) < 4.78 is 11.7. The smallest absolute Gasteiger partial charge is 0.319 e. The lowest BCUT2D eigenvalue weighted by Gasteiger charge is -2.14. The Balaban J connectivity index is 2.31. The summed E-state index contributed by atoms with van der Waals surface area (Å²) in [6.07, 6.45) is 1.28. The largest absolute Gasteiger partial charge is 0.493 e. The molecule has 0 aliphatic carbocycles. The molecule has 0 aromatic heterocycles. The van der Waals surface area contributed by atoms with Gasteiger partial charge in [0.15, 0.2) is 11.5 Å². The van der Waals surface area contributed by atoms with E-state index in [1.165, 1.54) is 13.2 Å². The van der Waals surface area contributed by atoms with Crippen LogP contribution >= 0.6 is 39.1 Å². The number of primary amides is 1. The molecule has 10 heteroatoms. The number of carbonyl (C=O) groups is 2. The normalized spacial score (nSPS) is 10.8. The van der Waals surface area contributed by atoms with E-state index >= 15 is 0 Å². The molecule has 2 rings (SSSR count). The van der Waals surface area contributed by atoms with E-state index in [1.54, 1.807) is 36.4 Å². The number of methoxy groups -OCH3 is 1. The molecule has 0 bridgehead atoms. The van der Waals surface area contributed by atoms with Gasteiger partial charge < -0.3 is 15.2 Å². The fourth-order valence-corrected chi connectivity index (χ4v) is 3.28. The highest BCUT2D eigenvalue weighted by Crippen LogP contribution is 2.38. The Kier molecular flexibility index (Phi) is 7.91. The van der Waals surface area contributed by atoms with Crippen LogP contribution in [0.3, 0.4) is 0 Å². The Morgan fingerprint density at radius 2 is 2.03 bits per heavy atom. The van der Waals surface area contributed by atoms with Crippen molar-refractivity contribution in [1.29, 1.82) is 5.26 Å². The maximum absolute atomic E-state index is 11.8. The number of carbonyl (C=O) groups excluding carboxylic acids is 2. The van der Waals surface area contributed by atoms with E-state index in [0.29, 0.717) is 31.6 Å². The van der Waals surface area contributed by atoms with Gasteiger partial charge in [-0.3, -0.25) is 10.1 Å². The number of benzene rings is 2. The maximum atomic E-state index is 11.8. The van der Waals surface area contributed by atoms with Crippen molar-refractivity contribution in [2.45, 2.75) is 6.61 Å². The van der Waals surface area contributed by atoms with E-state index in [-0.39, 0.29) is 12.2 Å². The summed E-state index contributed by atoms with van der Waals surface area (Å²) in [6, 6.07) is 8.91. The summed E-state index contributed by atoms with van der Waals surface area (Å²) in [5, 5.41) is 12.0. The van der Waals surface area contributed by atoms with Crippen molar-refractivity contribution < 1.29 is 19.1 Å². The van der Waals surface area contributed by atoms with E-state index in [1.807, 2.05) is 5.32 Å². The molecule has 0 aliphatic heterocycles. The first-order valence-electron chi connectivity index (χ1n) is 7.92. The van der Waals surface area contributed by atoms with Crippen LogP contribution in [0.15, 0.2) is 40.4 Å². The molecule has 0 saturated carbocycles. The predicted octanol–water partition coefficient (Wildman–Crippen LogP) is 4.45. The molecule has 0 spiro atoms. The second-order valence-corrected chi connectivity index (χ2v) is 7.24. The quantitative estimate of drug-likeness (QED) is 0.451. The second-order valence-electron chi connectivity index (χ2n) is 5.55. The molecule has 7 nitrogen and oxygen atoms in total. The summed E-state index contributed by atoms with van der Waals surface area (Å²) in [5.41, 5.74) is 5.78. The lowest BCUT2D eigenvalue weighted by molar-refractivity contribution is -0.115.